The lowest BCUT2D eigenvalue weighted by atomic mass is 9.99. The summed E-state index contributed by atoms with van der Waals surface area (Å²) in [5.74, 6) is -2.08. The molecule has 0 aliphatic carbocycles. The molecule has 0 unspecified atom stereocenters. The number of ether oxygens (including phenoxy) is 1. The normalized spacial score (nSPS) is 19.9. The monoisotopic (exact) mass is 420 g/mol. The Morgan fingerprint density at radius 2 is 1.94 bits per heavy atom. The quantitative estimate of drug-likeness (QED) is 0.593. The fourth-order valence-corrected chi connectivity index (χ4v) is 4.05. The molecule has 4 rings (SSSR count). The van der Waals surface area contributed by atoms with Gasteiger partial charge in [-0.25, -0.2) is 0 Å². The van der Waals surface area contributed by atoms with Gasteiger partial charge in [0.15, 0.2) is 12.4 Å². The number of carbonyl (C=O) groups excluding carboxylic acids is 4. The van der Waals surface area contributed by atoms with E-state index >= 15 is 0 Å². The number of carbonyl (C=O) groups is 4. The van der Waals surface area contributed by atoms with Crippen molar-refractivity contribution in [3.05, 3.63) is 58.7 Å². The molecule has 1 N–H and O–H groups in total. The Balaban J connectivity index is 1.38. The van der Waals surface area contributed by atoms with Crippen LogP contribution < -0.4 is 10.2 Å². The zero-order chi connectivity index (χ0) is 22.3. The number of esters is 1. The fourth-order valence-electron chi connectivity index (χ4n) is 4.05. The molecule has 2 atom stereocenters. The molecule has 2 aromatic carbocycles. The zero-order valence-corrected chi connectivity index (χ0v) is 17.7. The van der Waals surface area contributed by atoms with Crippen molar-refractivity contribution in [2.45, 2.75) is 33.1 Å². The number of rotatable bonds is 5. The first-order valence-electron chi connectivity index (χ1n) is 10.3. The first-order valence-corrected chi connectivity index (χ1v) is 10.3. The molecule has 0 spiro atoms. The van der Waals surface area contributed by atoms with Crippen LogP contribution in [0.1, 0.15) is 46.3 Å². The highest BCUT2D eigenvalue weighted by molar-refractivity contribution is 6.05. The average molecular weight is 420 g/mol. The van der Waals surface area contributed by atoms with E-state index in [1.165, 1.54) is 0 Å². The van der Waals surface area contributed by atoms with E-state index in [2.05, 4.69) is 5.32 Å². The number of amides is 2. The van der Waals surface area contributed by atoms with Gasteiger partial charge in [-0.1, -0.05) is 12.1 Å². The fraction of sp³-hybridized carbons (Fsp3) is 0.333. The van der Waals surface area contributed by atoms with E-state index in [0.29, 0.717) is 11.3 Å². The van der Waals surface area contributed by atoms with Gasteiger partial charge in [0.05, 0.1) is 11.8 Å². The minimum Gasteiger partial charge on any atom is -0.457 e. The third-order valence-electron chi connectivity index (χ3n) is 6.16. The Morgan fingerprint density at radius 1 is 1.16 bits per heavy atom. The highest BCUT2D eigenvalue weighted by atomic mass is 16.5. The number of nitrogens with one attached hydrogen (secondary N) is 1. The van der Waals surface area contributed by atoms with E-state index in [9.17, 15) is 19.2 Å². The van der Waals surface area contributed by atoms with E-state index < -0.39 is 18.5 Å². The largest absolute Gasteiger partial charge is 0.457 e. The molecule has 31 heavy (non-hydrogen) atoms. The Kier molecular flexibility index (Phi) is 5.35. The maximum Gasteiger partial charge on any atom is 0.311 e. The van der Waals surface area contributed by atoms with Gasteiger partial charge >= 0.3 is 5.97 Å². The van der Waals surface area contributed by atoms with E-state index in [-0.39, 0.29) is 36.5 Å². The molecular formula is C24H24N2O5. The number of hydrogen-bond acceptors (Lipinski definition) is 5. The predicted molar refractivity (Wildman–Crippen MR) is 115 cm³/mol. The van der Waals surface area contributed by atoms with Crippen molar-refractivity contribution in [1.29, 1.82) is 0 Å². The van der Waals surface area contributed by atoms with Crippen LogP contribution in [0, 0.1) is 19.8 Å². The topological polar surface area (TPSA) is 92.8 Å². The first-order chi connectivity index (χ1) is 14.8. The summed E-state index contributed by atoms with van der Waals surface area (Å²) in [5.41, 5.74) is 4.71. The zero-order valence-electron chi connectivity index (χ0n) is 17.7. The molecule has 0 saturated carbocycles. The molecule has 2 aliphatic rings. The summed E-state index contributed by atoms with van der Waals surface area (Å²) in [5, 5.41) is 2.76. The second-order valence-electron chi connectivity index (χ2n) is 8.17. The average Bonchev–Trinajstić information content (AvgIpc) is 3.27. The predicted octanol–water partition coefficient (Wildman–Crippen LogP) is 3.14. The minimum absolute atomic E-state index is 0.0601. The van der Waals surface area contributed by atoms with Gasteiger partial charge in [-0.05, 0) is 61.7 Å². The lowest BCUT2D eigenvalue weighted by Gasteiger charge is -2.20. The third-order valence-corrected chi connectivity index (χ3v) is 6.16. The summed E-state index contributed by atoms with van der Waals surface area (Å²) < 4.78 is 5.25. The standard InChI is InChI=1S/C24H24N2O5/c1-13-5-4-6-20(14(13)2)26-11-17(10-22(26)28)24(30)31-12-21(27)16-7-8-19-18(9-16)15(3)23(29)25-19/h4-9,15,17H,10-12H2,1-3H3,(H,25,29)/t15-,17-/m1/s1. The van der Waals surface area contributed by atoms with Crippen molar-refractivity contribution in [1.82, 2.24) is 0 Å². The number of anilines is 2. The molecule has 0 radical (unpaired) electrons. The van der Waals surface area contributed by atoms with Gasteiger partial charge in [0.2, 0.25) is 11.8 Å². The van der Waals surface area contributed by atoms with Gasteiger partial charge in [-0.3, -0.25) is 19.2 Å². The molecule has 0 bridgehead atoms. The van der Waals surface area contributed by atoms with Crippen molar-refractivity contribution in [3.8, 4) is 0 Å². The number of aryl methyl sites for hydroxylation is 1. The molecule has 160 valence electrons. The van der Waals surface area contributed by atoms with Crippen LogP contribution >= 0.6 is 0 Å². The van der Waals surface area contributed by atoms with Crippen molar-refractivity contribution < 1.29 is 23.9 Å². The van der Waals surface area contributed by atoms with Gasteiger partial charge in [0.1, 0.15) is 0 Å². The second-order valence-corrected chi connectivity index (χ2v) is 8.17. The highest BCUT2D eigenvalue weighted by Crippen LogP contribution is 2.33. The van der Waals surface area contributed by atoms with E-state index in [1.54, 1.807) is 30.0 Å². The van der Waals surface area contributed by atoms with Crippen LogP contribution in [0.3, 0.4) is 0 Å². The number of Topliss-reactive ketones (excluding diaryl/α,β-unsaturated/α-hetero) is 1. The number of ketones is 1. The Labute approximate surface area is 180 Å². The van der Waals surface area contributed by atoms with Gasteiger partial charge in [0.25, 0.3) is 0 Å². The maximum atomic E-state index is 12.5. The van der Waals surface area contributed by atoms with Gasteiger partial charge in [-0.2, -0.15) is 0 Å². The maximum absolute atomic E-state index is 12.5. The van der Waals surface area contributed by atoms with Gasteiger partial charge < -0.3 is 15.0 Å². The van der Waals surface area contributed by atoms with E-state index in [4.69, 9.17) is 4.74 Å². The lowest BCUT2D eigenvalue weighted by Crippen LogP contribution is -2.27. The van der Waals surface area contributed by atoms with E-state index in [0.717, 1.165) is 22.4 Å². The summed E-state index contributed by atoms with van der Waals surface area (Å²) in [6, 6.07) is 10.7. The van der Waals surface area contributed by atoms with E-state index in [1.807, 2.05) is 32.0 Å². The van der Waals surface area contributed by atoms with Crippen LogP contribution in [0.5, 0.6) is 0 Å². The Morgan fingerprint density at radius 3 is 2.71 bits per heavy atom. The van der Waals surface area contributed by atoms with Gasteiger partial charge in [0, 0.05) is 29.9 Å². The Hall–Kier alpha value is -3.48. The molecule has 2 aliphatic heterocycles. The second kappa shape index (κ2) is 7.98. The molecule has 2 aromatic rings. The molecule has 1 fully saturated rings. The van der Waals surface area contributed by atoms with Crippen molar-refractivity contribution in [2.24, 2.45) is 5.92 Å². The number of benzene rings is 2. The van der Waals surface area contributed by atoms with Crippen molar-refractivity contribution in [2.75, 3.05) is 23.4 Å². The molecule has 1 saturated heterocycles. The molecule has 0 aromatic heterocycles. The minimum atomic E-state index is -0.609. The molecule has 2 heterocycles. The molecule has 2 amide bonds. The summed E-state index contributed by atoms with van der Waals surface area (Å²) in [4.78, 5) is 50.9. The summed E-state index contributed by atoms with van der Waals surface area (Å²) in [6.07, 6.45) is 0.0601. The highest BCUT2D eigenvalue weighted by Gasteiger charge is 2.37. The number of nitrogens with zero attached hydrogens (tertiary/aromatic N) is 1. The summed E-state index contributed by atoms with van der Waals surface area (Å²) in [6.45, 7) is 5.53. The SMILES string of the molecule is Cc1cccc(N2C[C@H](C(=O)OCC(=O)c3ccc4c(c3)[C@@H](C)C(=O)N4)CC2=O)c1C. The number of fused-ring (bicyclic) bond motifs is 1. The first kappa shape index (κ1) is 20.8. The van der Waals surface area contributed by atoms with Crippen LogP contribution in [0.4, 0.5) is 11.4 Å². The van der Waals surface area contributed by atoms with Crippen LogP contribution in [0.2, 0.25) is 0 Å². The van der Waals surface area contributed by atoms with Crippen molar-refractivity contribution >= 4 is 34.9 Å². The van der Waals surface area contributed by atoms with Crippen molar-refractivity contribution in [3.63, 3.8) is 0 Å². The third kappa shape index (κ3) is 3.83. The van der Waals surface area contributed by atoms with Crippen LogP contribution in [0.25, 0.3) is 0 Å². The van der Waals surface area contributed by atoms with Crippen LogP contribution in [-0.4, -0.2) is 36.7 Å². The number of hydrogen-bond donors (Lipinski definition) is 1. The summed E-state index contributed by atoms with van der Waals surface area (Å²) in [7, 11) is 0. The summed E-state index contributed by atoms with van der Waals surface area (Å²) >= 11 is 0. The molecule has 7 heteroatoms. The molecular weight excluding hydrogens is 396 g/mol. The lowest BCUT2D eigenvalue weighted by molar-refractivity contribution is -0.147. The smallest absolute Gasteiger partial charge is 0.311 e. The van der Waals surface area contributed by atoms with Gasteiger partial charge in [-0.15, -0.1) is 0 Å². The molecule has 7 nitrogen and oxygen atoms in total. The van der Waals surface area contributed by atoms with Crippen LogP contribution in [0.15, 0.2) is 36.4 Å². The Bertz CT molecular complexity index is 1110. The van der Waals surface area contributed by atoms with Crippen LogP contribution in [-0.2, 0) is 19.1 Å².